The molecule has 1 aromatic rings. The van der Waals surface area contributed by atoms with Crippen LogP contribution in [-0.4, -0.2) is 38.7 Å². The van der Waals surface area contributed by atoms with Crippen molar-refractivity contribution in [2.45, 2.75) is 19.9 Å². The van der Waals surface area contributed by atoms with Crippen molar-refractivity contribution >= 4 is 0 Å². The van der Waals surface area contributed by atoms with E-state index < -0.39 is 0 Å². The smallest absolute Gasteiger partial charge is 0.119 e. The van der Waals surface area contributed by atoms with Gasteiger partial charge in [-0.2, -0.15) is 0 Å². The van der Waals surface area contributed by atoms with Crippen molar-refractivity contribution in [3.8, 4) is 5.75 Å². The Morgan fingerprint density at radius 2 is 1.88 bits per heavy atom. The molecule has 3 nitrogen and oxygen atoms in total. The maximum atomic E-state index is 5.54. The topological polar surface area (TPSA) is 24.5 Å². The first kappa shape index (κ1) is 14.0. The van der Waals surface area contributed by atoms with E-state index in [2.05, 4.69) is 43.4 Å². The summed E-state index contributed by atoms with van der Waals surface area (Å²) >= 11 is 0. The molecule has 0 aliphatic carbocycles. The Kier molecular flexibility index (Phi) is 6.67. The van der Waals surface area contributed by atoms with Crippen LogP contribution in [0.4, 0.5) is 0 Å². The minimum Gasteiger partial charge on any atom is -0.494 e. The van der Waals surface area contributed by atoms with Crippen molar-refractivity contribution in [2.24, 2.45) is 0 Å². The molecule has 1 aromatic carbocycles. The van der Waals surface area contributed by atoms with Gasteiger partial charge in [-0.1, -0.05) is 19.1 Å². The number of ether oxygens (including phenoxy) is 1. The van der Waals surface area contributed by atoms with Gasteiger partial charge in [0.15, 0.2) is 0 Å². The number of rotatable bonds is 8. The van der Waals surface area contributed by atoms with Crippen LogP contribution in [0.1, 0.15) is 18.9 Å². The molecular formula is C14H24N2O. The lowest BCUT2D eigenvalue weighted by Gasteiger charge is -2.10. The van der Waals surface area contributed by atoms with Crippen LogP contribution in [0.2, 0.25) is 0 Å². The molecular weight excluding hydrogens is 212 g/mol. The first-order valence-corrected chi connectivity index (χ1v) is 6.29. The van der Waals surface area contributed by atoms with Gasteiger partial charge in [0.25, 0.3) is 0 Å². The maximum Gasteiger partial charge on any atom is 0.119 e. The van der Waals surface area contributed by atoms with Gasteiger partial charge >= 0.3 is 0 Å². The first-order valence-electron chi connectivity index (χ1n) is 6.29. The van der Waals surface area contributed by atoms with Gasteiger partial charge in [0.1, 0.15) is 5.75 Å². The maximum absolute atomic E-state index is 5.54. The molecule has 0 heterocycles. The molecule has 96 valence electrons. The van der Waals surface area contributed by atoms with Gasteiger partial charge in [-0.25, -0.2) is 0 Å². The van der Waals surface area contributed by atoms with Crippen LogP contribution < -0.4 is 10.1 Å². The molecule has 17 heavy (non-hydrogen) atoms. The van der Waals surface area contributed by atoms with Crippen LogP contribution in [0.3, 0.4) is 0 Å². The Hall–Kier alpha value is -1.06. The van der Waals surface area contributed by atoms with E-state index in [1.165, 1.54) is 5.56 Å². The van der Waals surface area contributed by atoms with Gasteiger partial charge < -0.3 is 15.0 Å². The molecule has 0 unspecified atom stereocenters. The van der Waals surface area contributed by atoms with Crippen LogP contribution in [0.15, 0.2) is 24.3 Å². The monoisotopic (exact) mass is 236 g/mol. The van der Waals surface area contributed by atoms with E-state index >= 15 is 0 Å². The quantitative estimate of drug-likeness (QED) is 0.700. The van der Waals surface area contributed by atoms with Gasteiger partial charge in [0.05, 0.1) is 6.61 Å². The summed E-state index contributed by atoms with van der Waals surface area (Å²) in [6.07, 6.45) is 1.05. The summed E-state index contributed by atoms with van der Waals surface area (Å²) in [6, 6.07) is 8.32. The average Bonchev–Trinajstić information content (AvgIpc) is 2.33. The molecule has 1 N–H and O–H groups in total. The Labute approximate surface area is 105 Å². The molecule has 0 atom stereocenters. The lowest BCUT2D eigenvalue weighted by atomic mass is 10.2. The minimum absolute atomic E-state index is 0.792. The molecule has 0 aliphatic heterocycles. The van der Waals surface area contributed by atoms with Gasteiger partial charge in [-0.15, -0.1) is 0 Å². The Morgan fingerprint density at radius 3 is 2.47 bits per heavy atom. The Morgan fingerprint density at radius 1 is 1.18 bits per heavy atom. The fourth-order valence-electron chi connectivity index (χ4n) is 1.46. The van der Waals surface area contributed by atoms with Crippen molar-refractivity contribution in [1.82, 2.24) is 10.2 Å². The van der Waals surface area contributed by atoms with E-state index in [0.717, 1.165) is 38.4 Å². The lowest BCUT2D eigenvalue weighted by molar-refractivity contribution is 0.317. The van der Waals surface area contributed by atoms with Crippen molar-refractivity contribution in [2.75, 3.05) is 33.8 Å². The molecule has 0 spiro atoms. The fourth-order valence-corrected chi connectivity index (χ4v) is 1.46. The normalized spacial score (nSPS) is 10.8. The van der Waals surface area contributed by atoms with Gasteiger partial charge in [0.2, 0.25) is 0 Å². The van der Waals surface area contributed by atoms with Gasteiger partial charge in [-0.3, -0.25) is 0 Å². The number of hydrogen-bond acceptors (Lipinski definition) is 3. The van der Waals surface area contributed by atoms with Crippen LogP contribution in [0.5, 0.6) is 5.75 Å². The molecule has 0 radical (unpaired) electrons. The third kappa shape index (κ3) is 6.29. The number of hydrogen-bond donors (Lipinski definition) is 1. The number of nitrogens with zero attached hydrogens (tertiary/aromatic N) is 1. The molecule has 0 bridgehead atoms. The highest BCUT2D eigenvalue weighted by Gasteiger charge is 1.95. The van der Waals surface area contributed by atoms with E-state index in [-0.39, 0.29) is 0 Å². The number of nitrogens with one attached hydrogen (secondary N) is 1. The van der Waals surface area contributed by atoms with Crippen molar-refractivity contribution in [3.05, 3.63) is 29.8 Å². The van der Waals surface area contributed by atoms with Crippen LogP contribution in [0, 0.1) is 0 Å². The second kappa shape index (κ2) is 8.09. The minimum atomic E-state index is 0.792. The van der Waals surface area contributed by atoms with E-state index in [1.54, 1.807) is 0 Å². The molecule has 0 amide bonds. The molecule has 0 fully saturated rings. The van der Waals surface area contributed by atoms with E-state index in [9.17, 15) is 0 Å². The standard InChI is InChI=1S/C14H24N2O/c1-4-11-17-14-7-5-13(6-8-14)12-15-9-10-16(2)3/h5-8,15H,4,9-12H2,1-3H3. The molecule has 3 heteroatoms. The highest BCUT2D eigenvalue weighted by molar-refractivity contribution is 5.27. The SMILES string of the molecule is CCCOc1ccc(CNCCN(C)C)cc1. The van der Waals surface area contributed by atoms with E-state index in [0.29, 0.717) is 0 Å². The largest absolute Gasteiger partial charge is 0.494 e. The summed E-state index contributed by atoms with van der Waals surface area (Å²) in [5.74, 6) is 0.962. The second-order valence-corrected chi connectivity index (χ2v) is 4.47. The van der Waals surface area contributed by atoms with Gasteiger partial charge in [-0.05, 0) is 38.2 Å². The zero-order valence-electron chi connectivity index (χ0n) is 11.2. The number of benzene rings is 1. The number of likely N-dealkylation sites (N-methyl/N-ethyl adjacent to an activating group) is 1. The van der Waals surface area contributed by atoms with Crippen molar-refractivity contribution < 1.29 is 4.74 Å². The van der Waals surface area contributed by atoms with Crippen LogP contribution in [-0.2, 0) is 6.54 Å². The predicted molar refractivity (Wildman–Crippen MR) is 72.5 cm³/mol. The van der Waals surface area contributed by atoms with E-state index in [1.807, 2.05) is 12.1 Å². The summed E-state index contributed by atoms with van der Waals surface area (Å²) in [7, 11) is 4.17. The molecule has 1 rings (SSSR count). The molecule has 0 saturated heterocycles. The third-order valence-electron chi connectivity index (χ3n) is 2.46. The summed E-state index contributed by atoms with van der Waals surface area (Å²) < 4.78 is 5.54. The molecule has 0 aliphatic rings. The molecule has 0 saturated carbocycles. The Balaban J connectivity index is 2.25. The van der Waals surface area contributed by atoms with Gasteiger partial charge in [0, 0.05) is 19.6 Å². The van der Waals surface area contributed by atoms with Crippen LogP contribution >= 0.6 is 0 Å². The van der Waals surface area contributed by atoms with Crippen molar-refractivity contribution in [1.29, 1.82) is 0 Å². The zero-order chi connectivity index (χ0) is 12.5. The molecule has 0 aromatic heterocycles. The summed E-state index contributed by atoms with van der Waals surface area (Å²) in [4.78, 5) is 2.18. The van der Waals surface area contributed by atoms with Crippen molar-refractivity contribution in [3.63, 3.8) is 0 Å². The highest BCUT2D eigenvalue weighted by Crippen LogP contribution is 2.12. The average molecular weight is 236 g/mol. The summed E-state index contributed by atoms with van der Waals surface area (Å²) in [5, 5.41) is 3.41. The summed E-state index contributed by atoms with van der Waals surface area (Å²) in [6.45, 7) is 5.91. The lowest BCUT2D eigenvalue weighted by Crippen LogP contribution is -2.26. The van der Waals surface area contributed by atoms with E-state index in [4.69, 9.17) is 4.74 Å². The zero-order valence-corrected chi connectivity index (χ0v) is 11.2. The first-order chi connectivity index (χ1) is 8.22. The third-order valence-corrected chi connectivity index (χ3v) is 2.46. The fraction of sp³-hybridized carbons (Fsp3) is 0.571. The van der Waals surface area contributed by atoms with Crippen LogP contribution in [0.25, 0.3) is 0 Å². The predicted octanol–water partition coefficient (Wildman–Crippen LogP) is 2.13. The second-order valence-electron chi connectivity index (χ2n) is 4.47. The summed E-state index contributed by atoms with van der Waals surface area (Å²) in [5.41, 5.74) is 1.30. The Bertz CT molecular complexity index is 296. The highest BCUT2D eigenvalue weighted by atomic mass is 16.5.